The third kappa shape index (κ3) is 2.91. The van der Waals surface area contributed by atoms with E-state index in [1.807, 2.05) is 11.3 Å². The quantitative estimate of drug-likeness (QED) is 0.925. The molecule has 4 heteroatoms. The average molecular weight is 292 g/mol. The first kappa shape index (κ1) is 14.1. The molecule has 0 spiro atoms. The maximum absolute atomic E-state index is 11.5. The summed E-state index contributed by atoms with van der Waals surface area (Å²) in [5, 5.41) is 3.02. The van der Waals surface area contributed by atoms with Crippen LogP contribution in [-0.4, -0.2) is 30.4 Å². The summed E-state index contributed by atoms with van der Waals surface area (Å²) in [6.07, 6.45) is 4.32. The lowest BCUT2D eigenvalue weighted by molar-refractivity contribution is -0.124. The predicted molar refractivity (Wildman–Crippen MR) is 82.8 cm³/mol. The van der Waals surface area contributed by atoms with Gasteiger partial charge in [0.1, 0.15) is 0 Å². The lowest BCUT2D eigenvalue weighted by Gasteiger charge is -2.24. The monoisotopic (exact) mass is 292 g/mol. The van der Waals surface area contributed by atoms with Crippen molar-refractivity contribution in [3.8, 4) is 0 Å². The van der Waals surface area contributed by atoms with Gasteiger partial charge >= 0.3 is 0 Å². The van der Waals surface area contributed by atoms with Crippen molar-refractivity contribution < 1.29 is 4.79 Å². The molecule has 1 aromatic rings. The van der Waals surface area contributed by atoms with Crippen LogP contribution in [0.25, 0.3) is 0 Å². The molecule has 1 aliphatic heterocycles. The molecule has 1 saturated carbocycles. The Hall–Kier alpha value is -0.870. The molecule has 1 aliphatic carbocycles. The number of carbonyl (C=O) groups is 1. The molecule has 0 aromatic carbocycles. The zero-order valence-electron chi connectivity index (χ0n) is 12.4. The molecular weight excluding hydrogens is 268 g/mol. The Kier molecular flexibility index (Phi) is 4.13. The molecule has 1 amide bonds. The molecule has 2 heterocycles. The molecule has 3 nitrogen and oxygen atoms in total. The summed E-state index contributed by atoms with van der Waals surface area (Å²) >= 11 is 1.94. The van der Waals surface area contributed by atoms with Gasteiger partial charge in [0, 0.05) is 35.3 Å². The summed E-state index contributed by atoms with van der Waals surface area (Å²) in [6.45, 7) is 4.16. The summed E-state index contributed by atoms with van der Waals surface area (Å²) in [7, 11) is 2.24. The number of aryl methyl sites for hydroxylation is 1. The van der Waals surface area contributed by atoms with Gasteiger partial charge in [-0.3, -0.25) is 9.69 Å². The Bertz CT molecular complexity index is 485. The van der Waals surface area contributed by atoms with Gasteiger partial charge in [-0.25, -0.2) is 0 Å². The topological polar surface area (TPSA) is 32.3 Å². The van der Waals surface area contributed by atoms with Crippen molar-refractivity contribution in [2.75, 3.05) is 13.6 Å². The highest BCUT2D eigenvalue weighted by Crippen LogP contribution is 2.38. The molecule has 3 rings (SSSR count). The number of nitrogens with zero attached hydrogens (tertiary/aromatic N) is 1. The van der Waals surface area contributed by atoms with E-state index in [2.05, 4.69) is 36.3 Å². The normalized spacial score (nSPS) is 29.6. The molecular formula is C16H24N2OS. The van der Waals surface area contributed by atoms with Gasteiger partial charge in [-0.2, -0.15) is 0 Å². The molecule has 110 valence electrons. The van der Waals surface area contributed by atoms with Crippen molar-refractivity contribution in [1.29, 1.82) is 0 Å². The Morgan fingerprint density at radius 3 is 2.80 bits per heavy atom. The molecule has 2 aliphatic rings. The second kappa shape index (κ2) is 5.86. The fourth-order valence-corrected chi connectivity index (χ4v) is 4.69. The van der Waals surface area contributed by atoms with Gasteiger partial charge in [0.2, 0.25) is 5.91 Å². The van der Waals surface area contributed by atoms with Gasteiger partial charge in [0.25, 0.3) is 0 Å². The summed E-state index contributed by atoms with van der Waals surface area (Å²) in [5.74, 6) is 1.57. The number of nitrogens with one attached hydrogen (secondary N) is 1. The first-order valence-corrected chi connectivity index (χ1v) is 8.52. The molecule has 0 unspecified atom stereocenters. The molecule has 2 fully saturated rings. The largest absolute Gasteiger partial charge is 0.356 e. The van der Waals surface area contributed by atoms with E-state index >= 15 is 0 Å². The molecule has 0 bridgehead atoms. The number of thiophene rings is 1. The maximum Gasteiger partial charge on any atom is 0.220 e. The van der Waals surface area contributed by atoms with Crippen LogP contribution in [-0.2, 0) is 17.8 Å². The third-order valence-electron chi connectivity index (χ3n) is 4.92. The van der Waals surface area contributed by atoms with Crippen molar-refractivity contribution >= 4 is 17.2 Å². The van der Waals surface area contributed by atoms with Gasteiger partial charge in [0.05, 0.1) is 0 Å². The third-order valence-corrected chi connectivity index (χ3v) is 6.13. The standard InChI is InChI=1S/C16H24N2OS/c1-3-14-4-5-15(20-14)10-18(2)13-6-11-8-16(19)17-9-12(11)7-13/h4-5,11-13H,3,6-10H2,1-2H3,(H,17,19)/t11-,12+,13-/m1/s1. The van der Waals surface area contributed by atoms with Gasteiger partial charge < -0.3 is 5.32 Å². The summed E-state index contributed by atoms with van der Waals surface area (Å²) in [5.41, 5.74) is 0. The second-order valence-electron chi connectivity index (χ2n) is 6.29. The van der Waals surface area contributed by atoms with E-state index in [9.17, 15) is 4.79 Å². The van der Waals surface area contributed by atoms with Crippen LogP contribution in [0.15, 0.2) is 12.1 Å². The Labute approximate surface area is 125 Å². The van der Waals surface area contributed by atoms with Crippen LogP contribution in [0.4, 0.5) is 0 Å². The molecule has 20 heavy (non-hydrogen) atoms. The van der Waals surface area contributed by atoms with Crippen LogP contribution in [0.1, 0.15) is 35.9 Å². The van der Waals surface area contributed by atoms with E-state index in [0.29, 0.717) is 17.9 Å². The first-order chi connectivity index (χ1) is 9.65. The number of carbonyl (C=O) groups excluding carboxylic acids is 1. The SMILES string of the molecule is CCc1ccc(CN(C)[C@H]2C[C@H]3CNC(=O)C[C@H]3C2)s1. The van der Waals surface area contributed by atoms with Gasteiger partial charge in [-0.05, 0) is 50.3 Å². The van der Waals surface area contributed by atoms with Crippen molar-refractivity contribution in [2.24, 2.45) is 11.8 Å². The predicted octanol–water partition coefficient (Wildman–Crippen LogP) is 2.66. The number of piperidine rings is 1. The van der Waals surface area contributed by atoms with E-state index in [1.165, 1.54) is 22.6 Å². The van der Waals surface area contributed by atoms with Crippen LogP contribution in [0, 0.1) is 11.8 Å². The molecule has 1 aromatic heterocycles. The molecule has 3 atom stereocenters. The molecule has 1 saturated heterocycles. The van der Waals surface area contributed by atoms with E-state index in [-0.39, 0.29) is 5.91 Å². The zero-order valence-corrected chi connectivity index (χ0v) is 13.2. The van der Waals surface area contributed by atoms with Crippen LogP contribution in [0.3, 0.4) is 0 Å². The Balaban J connectivity index is 1.58. The Morgan fingerprint density at radius 1 is 1.30 bits per heavy atom. The van der Waals surface area contributed by atoms with E-state index in [0.717, 1.165) is 25.9 Å². The number of hydrogen-bond acceptors (Lipinski definition) is 3. The number of fused-ring (bicyclic) bond motifs is 1. The molecule has 1 N–H and O–H groups in total. The number of amides is 1. The van der Waals surface area contributed by atoms with Crippen LogP contribution in [0.5, 0.6) is 0 Å². The summed E-state index contributed by atoms with van der Waals surface area (Å²) in [4.78, 5) is 16.9. The van der Waals surface area contributed by atoms with E-state index in [4.69, 9.17) is 0 Å². The fourth-order valence-electron chi connectivity index (χ4n) is 3.67. The van der Waals surface area contributed by atoms with E-state index in [1.54, 1.807) is 0 Å². The second-order valence-corrected chi connectivity index (χ2v) is 7.54. The maximum atomic E-state index is 11.5. The van der Waals surface area contributed by atoms with E-state index < -0.39 is 0 Å². The van der Waals surface area contributed by atoms with Crippen molar-refractivity contribution in [3.63, 3.8) is 0 Å². The molecule has 0 radical (unpaired) electrons. The lowest BCUT2D eigenvalue weighted by Crippen LogP contribution is -2.38. The highest BCUT2D eigenvalue weighted by atomic mass is 32.1. The van der Waals surface area contributed by atoms with Crippen LogP contribution in [0.2, 0.25) is 0 Å². The number of rotatable bonds is 4. The Morgan fingerprint density at radius 2 is 2.05 bits per heavy atom. The fraction of sp³-hybridized carbons (Fsp3) is 0.688. The average Bonchev–Trinajstić information content (AvgIpc) is 3.04. The first-order valence-electron chi connectivity index (χ1n) is 7.70. The minimum Gasteiger partial charge on any atom is -0.356 e. The van der Waals surface area contributed by atoms with Gasteiger partial charge in [0.15, 0.2) is 0 Å². The van der Waals surface area contributed by atoms with Gasteiger partial charge in [-0.1, -0.05) is 6.92 Å². The van der Waals surface area contributed by atoms with Crippen molar-refractivity contribution in [2.45, 2.75) is 45.2 Å². The minimum atomic E-state index is 0.250. The lowest BCUT2D eigenvalue weighted by atomic mass is 9.89. The summed E-state index contributed by atoms with van der Waals surface area (Å²) in [6, 6.07) is 5.17. The van der Waals surface area contributed by atoms with Crippen LogP contribution >= 0.6 is 11.3 Å². The minimum absolute atomic E-state index is 0.250. The van der Waals surface area contributed by atoms with Crippen molar-refractivity contribution in [1.82, 2.24) is 10.2 Å². The zero-order chi connectivity index (χ0) is 14.1. The number of hydrogen-bond donors (Lipinski definition) is 1. The van der Waals surface area contributed by atoms with Crippen molar-refractivity contribution in [3.05, 3.63) is 21.9 Å². The summed E-state index contributed by atoms with van der Waals surface area (Å²) < 4.78 is 0. The highest BCUT2D eigenvalue weighted by molar-refractivity contribution is 7.11. The highest BCUT2D eigenvalue weighted by Gasteiger charge is 2.39. The smallest absolute Gasteiger partial charge is 0.220 e. The van der Waals surface area contributed by atoms with Gasteiger partial charge in [-0.15, -0.1) is 11.3 Å². The van der Waals surface area contributed by atoms with Crippen LogP contribution < -0.4 is 5.32 Å².